The Kier molecular flexibility index (Phi) is 6.37. The quantitative estimate of drug-likeness (QED) is 0.487. The first-order chi connectivity index (χ1) is 10.6. The molecule has 1 atom stereocenters. The van der Waals surface area contributed by atoms with Crippen LogP contribution in [0.25, 0.3) is 0 Å². The molecule has 0 spiro atoms. The first-order valence-electron chi connectivity index (χ1n) is 8.18. The SMILES string of the molecule is C=CC(C)(CCC=C(C)C)OC(=O)c1ccc(C(C)(C)C)cc1. The molecular formula is C21H30O2. The third-order valence-electron chi connectivity index (χ3n) is 3.94. The Morgan fingerprint density at radius 3 is 2.13 bits per heavy atom. The lowest BCUT2D eigenvalue weighted by molar-refractivity contribution is 0.00834. The van der Waals surface area contributed by atoms with Crippen molar-refractivity contribution in [1.82, 2.24) is 0 Å². The van der Waals surface area contributed by atoms with Gasteiger partial charge in [-0.25, -0.2) is 4.79 Å². The van der Waals surface area contributed by atoms with Crippen molar-refractivity contribution in [2.24, 2.45) is 0 Å². The summed E-state index contributed by atoms with van der Waals surface area (Å²) in [5.74, 6) is -0.301. The van der Waals surface area contributed by atoms with Gasteiger partial charge in [0.15, 0.2) is 0 Å². The van der Waals surface area contributed by atoms with Crippen LogP contribution in [0.4, 0.5) is 0 Å². The number of hydrogen-bond acceptors (Lipinski definition) is 2. The average molecular weight is 314 g/mol. The standard InChI is InChI=1S/C21H30O2/c1-8-21(7,15-9-10-16(2)3)23-19(22)17-11-13-18(14-12-17)20(4,5)6/h8,10-14H,1,9,15H2,2-7H3. The first kappa shape index (κ1) is 19.2. The molecule has 1 aromatic carbocycles. The van der Waals surface area contributed by atoms with Crippen LogP contribution in [0.3, 0.4) is 0 Å². The minimum absolute atomic E-state index is 0.0718. The summed E-state index contributed by atoms with van der Waals surface area (Å²) < 4.78 is 5.69. The van der Waals surface area contributed by atoms with Gasteiger partial charge >= 0.3 is 5.97 Å². The Balaban J connectivity index is 2.80. The van der Waals surface area contributed by atoms with E-state index in [2.05, 4.69) is 47.3 Å². The van der Waals surface area contributed by atoms with Gasteiger partial charge in [0.05, 0.1) is 5.56 Å². The third kappa shape index (κ3) is 6.05. The summed E-state index contributed by atoms with van der Waals surface area (Å²) >= 11 is 0. The fraction of sp³-hybridized carbons (Fsp3) is 0.476. The first-order valence-corrected chi connectivity index (χ1v) is 8.18. The lowest BCUT2D eigenvalue weighted by Gasteiger charge is -2.26. The van der Waals surface area contributed by atoms with Crippen LogP contribution in [0.2, 0.25) is 0 Å². The van der Waals surface area contributed by atoms with Crippen LogP contribution in [0.5, 0.6) is 0 Å². The maximum atomic E-state index is 12.4. The van der Waals surface area contributed by atoms with Gasteiger partial charge in [-0.2, -0.15) is 0 Å². The molecular weight excluding hydrogens is 284 g/mol. The predicted octanol–water partition coefficient (Wildman–Crippen LogP) is 5.83. The Morgan fingerprint density at radius 1 is 1.13 bits per heavy atom. The molecule has 0 amide bonds. The second kappa shape index (κ2) is 7.63. The molecule has 2 heteroatoms. The number of esters is 1. The van der Waals surface area contributed by atoms with Gasteiger partial charge in [0.2, 0.25) is 0 Å². The molecule has 0 bridgehead atoms. The number of hydrogen-bond donors (Lipinski definition) is 0. The zero-order chi connectivity index (χ0) is 17.7. The molecule has 0 aliphatic carbocycles. The molecule has 2 nitrogen and oxygen atoms in total. The van der Waals surface area contributed by atoms with Crippen LogP contribution in [0.15, 0.2) is 48.6 Å². The van der Waals surface area contributed by atoms with Gasteiger partial charge in [-0.1, -0.05) is 51.1 Å². The fourth-order valence-corrected chi connectivity index (χ4v) is 2.22. The van der Waals surface area contributed by atoms with E-state index in [-0.39, 0.29) is 11.4 Å². The van der Waals surface area contributed by atoms with Gasteiger partial charge in [-0.05, 0) is 62.8 Å². The Labute approximate surface area is 141 Å². The molecule has 126 valence electrons. The molecule has 0 aromatic heterocycles. The smallest absolute Gasteiger partial charge is 0.338 e. The van der Waals surface area contributed by atoms with E-state index in [0.29, 0.717) is 5.56 Å². The number of allylic oxidation sites excluding steroid dienone is 2. The summed E-state index contributed by atoms with van der Waals surface area (Å²) in [5.41, 5.74) is 2.46. The topological polar surface area (TPSA) is 26.3 Å². The molecule has 1 aromatic rings. The predicted molar refractivity (Wildman–Crippen MR) is 97.8 cm³/mol. The van der Waals surface area contributed by atoms with Gasteiger partial charge in [0.1, 0.15) is 5.60 Å². The highest BCUT2D eigenvalue weighted by atomic mass is 16.6. The van der Waals surface area contributed by atoms with Crippen molar-refractivity contribution in [2.75, 3.05) is 0 Å². The number of carbonyl (C=O) groups is 1. The largest absolute Gasteiger partial charge is 0.452 e. The lowest BCUT2D eigenvalue weighted by Crippen LogP contribution is -2.29. The van der Waals surface area contributed by atoms with Crippen molar-refractivity contribution in [2.45, 2.75) is 65.4 Å². The summed E-state index contributed by atoms with van der Waals surface area (Å²) in [7, 11) is 0. The highest BCUT2D eigenvalue weighted by Gasteiger charge is 2.25. The minimum Gasteiger partial charge on any atom is -0.452 e. The molecule has 0 radical (unpaired) electrons. The van der Waals surface area contributed by atoms with E-state index in [0.717, 1.165) is 12.8 Å². The van der Waals surface area contributed by atoms with Crippen LogP contribution in [-0.2, 0) is 10.2 Å². The average Bonchev–Trinajstić information content (AvgIpc) is 2.46. The molecule has 0 saturated heterocycles. The minimum atomic E-state index is -0.647. The van der Waals surface area contributed by atoms with Crippen LogP contribution in [-0.4, -0.2) is 11.6 Å². The van der Waals surface area contributed by atoms with Gasteiger partial charge in [-0.3, -0.25) is 0 Å². The maximum absolute atomic E-state index is 12.4. The Morgan fingerprint density at radius 2 is 1.70 bits per heavy atom. The number of ether oxygens (including phenoxy) is 1. The van der Waals surface area contributed by atoms with E-state index in [1.807, 2.05) is 31.2 Å². The number of rotatable bonds is 6. The van der Waals surface area contributed by atoms with E-state index in [1.54, 1.807) is 6.08 Å². The molecule has 0 fully saturated rings. The zero-order valence-corrected chi connectivity index (χ0v) is 15.4. The summed E-state index contributed by atoms with van der Waals surface area (Å²) in [5, 5.41) is 0. The van der Waals surface area contributed by atoms with Gasteiger partial charge in [0.25, 0.3) is 0 Å². The molecule has 1 rings (SSSR count). The van der Waals surface area contributed by atoms with Crippen molar-refractivity contribution in [1.29, 1.82) is 0 Å². The third-order valence-corrected chi connectivity index (χ3v) is 3.94. The van der Waals surface area contributed by atoms with Crippen LogP contribution >= 0.6 is 0 Å². The molecule has 23 heavy (non-hydrogen) atoms. The summed E-state index contributed by atoms with van der Waals surface area (Å²) in [6, 6.07) is 7.65. The molecule has 0 aliphatic heterocycles. The summed E-state index contributed by atoms with van der Waals surface area (Å²) in [6.45, 7) is 16.3. The van der Waals surface area contributed by atoms with E-state index in [1.165, 1.54) is 11.1 Å². The number of benzene rings is 1. The molecule has 0 saturated carbocycles. The maximum Gasteiger partial charge on any atom is 0.338 e. The molecule has 0 heterocycles. The van der Waals surface area contributed by atoms with Crippen molar-refractivity contribution in [3.05, 3.63) is 59.7 Å². The summed E-state index contributed by atoms with van der Waals surface area (Å²) in [6.07, 6.45) is 5.45. The van der Waals surface area contributed by atoms with Gasteiger partial charge in [-0.15, -0.1) is 0 Å². The van der Waals surface area contributed by atoms with Crippen molar-refractivity contribution in [3.63, 3.8) is 0 Å². The fourth-order valence-electron chi connectivity index (χ4n) is 2.22. The van der Waals surface area contributed by atoms with Crippen LogP contribution in [0, 0.1) is 0 Å². The highest BCUT2D eigenvalue weighted by Crippen LogP contribution is 2.24. The second-order valence-corrected chi connectivity index (χ2v) is 7.55. The molecule has 0 aliphatic rings. The zero-order valence-electron chi connectivity index (χ0n) is 15.4. The van der Waals surface area contributed by atoms with Crippen LogP contribution < -0.4 is 0 Å². The molecule has 0 N–H and O–H groups in total. The molecule has 1 unspecified atom stereocenters. The normalized spacial score (nSPS) is 13.8. The Hall–Kier alpha value is -1.83. The van der Waals surface area contributed by atoms with E-state index >= 15 is 0 Å². The summed E-state index contributed by atoms with van der Waals surface area (Å²) in [4.78, 5) is 12.4. The monoisotopic (exact) mass is 314 g/mol. The van der Waals surface area contributed by atoms with E-state index in [4.69, 9.17) is 4.74 Å². The second-order valence-electron chi connectivity index (χ2n) is 7.55. The van der Waals surface area contributed by atoms with Crippen molar-refractivity contribution < 1.29 is 9.53 Å². The number of carbonyl (C=O) groups excluding carboxylic acids is 1. The Bertz CT molecular complexity index is 569. The van der Waals surface area contributed by atoms with E-state index < -0.39 is 5.60 Å². The van der Waals surface area contributed by atoms with Crippen molar-refractivity contribution in [3.8, 4) is 0 Å². The van der Waals surface area contributed by atoms with Crippen LogP contribution in [0.1, 0.15) is 70.3 Å². The van der Waals surface area contributed by atoms with E-state index in [9.17, 15) is 4.79 Å². The van der Waals surface area contributed by atoms with Crippen molar-refractivity contribution >= 4 is 5.97 Å². The lowest BCUT2D eigenvalue weighted by atomic mass is 9.87. The van der Waals surface area contributed by atoms with Gasteiger partial charge in [0, 0.05) is 0 Å². The van der Waals surface area contributed by atoms with Gasteiger partial charge < -0.3 is 4.74 Å². The highest BCUT2D eigenvalue weighted by molar-refractivity contribution is 5.89.